The van der Waals surface area contributed by atoms with Crippen LogP contribution in [0.1, 0.15) is 26.7 Å². The van der Waals surface area contributed by atoms with Crippen molar-refractivity contribution in [2.75, 3.05) is 5.32 Å². The van der Waals surface area contributed by atoms with Crippen molar-refractivity contribution in [3.05, 3.63) is 9.90 Å². The third-order valence-electron chi connectivity index (χ3n) is 2.25. The number of nitrogens with zero attached hydrogens (tertiary/aromatic N) is 2. The van der Waals surface area contributed by atoms with E-state index in [4.69, 9.17) is 0 Å². The van der Waals surface area contributed by atoms with Gasteiger partial charge in [-0.25, -0.2) is 4.98 Å². The van der Waals surface area contributed by atoms with Gasteiger partial charge in [-0.3, -0.25) is 0 Å². The molecule has 0 amide bonds. The Hall–Kier alpha value is -0.260. The summed E-state index contributed by atoms with van der Waals surface area (Å²) in [6, 6.07) is 0.539. The molecule has 0 atom stereocenters. The van der Waals surface area contributed by atoms with E-state index in [9.17, 15) is 0 Å². The summed E-state index contributed by atoms with van der Waals surface area (Å²) >= 11 is 2.28. The van der Waals surface area contributed by atoms with Crippen LogP contribution in [0, 0.1) is 3.70 Å². The maximum absolute atomic E-state index is 4.30. The molecule has 0 saturated carbocycles. The predicted octanol–water partition coefficient (Wildman–Crippen LogP) is 2.63. The van der Waals surface area contributed by atoms with E-state index in [2.05, 4.69) is 51.3 Å². The minimum atomic E-state index is 0.539. The second-order valence-corrected chi connectivity index (χ2v) is 4.23. The Morgan fingerprint density at radius 2 is 2.15 bits per heavy atom. The van der Waals surface area contributed by atoms with Crippen molar-refractivity contribution in [1.29, 1.82) is 0 Å². The van der Waals surface area contributed by atoms with Gasteiger partial charge in [0.1, 0.15) is 3.70 Å². The molecule has 1 N–H and O–H groups in total. The molecule has 0 fully saturated rings. The van der Waals surface area contributed by atoms with Gasteiger partial charge in [-0.1, -0.05) is 13.8 Å². The van der Waals surface area contributed by atoms with Crippen LogP contribution in [-0.4, -0.2) is 15.6 Å². The van der Waals surface area contributed by atoms with E-state index < -0.39 is 0 Å². The van der Waals surface area contributed by atoms with Crippen molar-refractivity contribution in [3.63, 3.8) is 0 Å². The Balaban J connectivity index is 2.67. The quantitative estimate of drug-likeness (QED) is 0.865. The molecule has 0 radical (unpaired) electrons. The van der Waals surface area contributed by atoms with E-state index in [-0.39, 0.29) is 0 Å². The highest BCUT2D eigenvalue weighted by Crippen LogP contribution is 2.13. The van der Waals surface area contributed by atoms with Gasteiger partial charge in [0.15, 0.2) is 0 Å². The van der Waals surface area contributed by atoms with Crippen molar-refractivity contribution in [2.24, 2.45) is 7.05 Å². The average molecular weight is 293 g/mol. The van der Waals surface area contributed by atoms with Crippen LogP contribution in [-0.2, 0) is 7.05 Å². The van der Waals surface area contributed by atoms with Gasteiger partial charge >= 0.3 is 0 Å². The summed E-state index contributed by atoms with van der Waals surface area (Å²) in [6.07, 6.45) is 4.16. The Bertz CT molecular complexity index is 266. The average Bonchev–Trinajstić information content (AvgIpc) is 2.45. The summed E-state index contributed by atoms with van der Waals surface area (Å²) in [5.74, 6) is 0.970. The minimum Gasteiger partial charge on any atom is -0.353 e. The lowest BCUT2D eigenvalue weighted by molar-refractivity contribution is 0.658. The van der Waals surface area contributed by atoms with E-state index >= 15 is 0 Å². The molecule has 13 heavy (non-hydrogen) atoms. The molecule has 3 nitrogen and oxygen atoms in total. The van der Waals surface area contributed by atoms with Gasteiger partial charge in [0.05, 0.1) is 6.20 Å². The highest BCUT2D eigenvalue weighted by Gasteiger charge is 2.07. The molecule has 0 saturated heterocycles. The first-order valence-corrected chi connectivity index (χ1v) is 5.70. The lowest BCUT2D eigenvalue weighted by Crippen LogP contribution is -2.19. The molecular formula is C9H16IN3. The number of aromatic nitrogens is 2. The second kappa shape index (κ2) is 4.83. The third kappa shape index (κ3) is 2.59. The Labute approximate surface area is 93.1 Å². The van der Waals surface area contributed by atoms with Crippen LogP contribution in [0.4, 0.5) is 5.95 Å². The molecule has 1 heterocycles. The van der Waals surface area contributed by atoms with Crippen LogP contribution in [0.3, 0.4) is 0 Å². The minimum absolute atomic E-state index is 0.539. The second-order valence-electron chi connectivity index (χ2n) is 3.12. The zero-order chi connectivity index (χ0) is 9.84. The predicted molar refractivity (Wildman–Crippen MR) is 63.9 cm³/mol. The molecule has 0 bridgehead atoms. The fourth-order valence-electron chi connectivity index (χ4n) is 1.20. The summed E-state index contributed by atoms with van der Waals surface area (Å²) in [5, 5.41) is 3.41. The zero-order valence-corrected chi connectivity index (χ0v) is 10.5. The first-order chi connectivity index (χ1) is 6.19. The molecule has 4 heteroatoms. The number of nitrogens with one attached hydrogen (secondary N) is 1. The van der Waals surface area contributed by atoms with Gasteiger partial charge in [0, 0.05) is 13.1 Å². The first kappa shape index (κ1) is 10.8. The van der Waals surface area contributed by atoms with Gasteiger partial charge in [-0.05, 0) is 35.4 Å². The Morgan fingerprint density at radius 3 is 2.54 bits per heavy atom. The van der Waals surface area contributed by atoms with Crippen LogP contribution in [0.15, 0.2) is 6.20 Å². The lowest BCUT2D eigenvalue weighted by Gasteiger charge is -2.15. The highest BCUT2D eigenvalue weighted by molar-refractivity contribution is 14.1. The molecule has 1 rings (SSSR count). The normalized spacial score (nSPS) is 10.8. The summed E-state index contributed by atoms with van der Waals surface area (Å²) in [6.45, 7) is 4.38. The Morgan fingerprint density at radius 1 is 1.54 bits per heavy atom. The van der Waals surface area contributed by atoms with Gasteiger partial charge < -0.3 is 9.88 Å². The summed E-state index contributed by atoms with van der Waals surface area (Å²) in [7, 11) is 2.03. The summed E-state index contributed by atoms with van der Waals surface area (Å²) < 4.78 is 3.23. The number of hydrogen-bond acceptors (Lipinski definition) is 2. The molecule has 0 aromatic carbocycles. The fourth-order valence-corrected chi connectivity index (χ4v) is 1.57. The first-order valence-electron chi connectivity index (χ1n) is 4.62. The van der Waals surface area contributed by atoms with Crippen molar-refractivity contribution in [3.8, 4) is 0 Å². The Kier molecular flexibility index (Phi) is 4.02. The van der Waals surface area contributed by atoms with Crippen molar-refractivity contribution >= 4 is 28.5 Å². The summed E-state index contributed by atoms with van der Waals surface area (Å²) in [5.41, 5.74) is 0. The molecule has 0 aliphatic heterocycles. The lowest BCUT2D eigenvalue weighted by atomic mass is 10.2. The van der Waals surface area contributed by atoms with Crippen LogP contribution in [0.2, 0.25) is 0 Å². The van der Waals surface area contributed by atoms with Crippen LogP contribution >= 0.6 is 22.6 Å². The van der Waals surface area contributed by atoms with Gasteiger partial charge in [0.25, 0.3) is 0 Å². The molecule has 0 spiro atoms. The van der Waals surface area contributed by atoms with Crippen LogP contribution in [0.5, 0.6) is 0 Å². The number of imidazole rings is 1. The number of anilines is 1. The SMILES string of the molecule is CCC(CC)Nc1ncc(I)n1C. The van der Waals surface area contributed by atoms with E-state index in [0.717, 1.165) is 22.5 Å². The molecular weight excluding hydrogens is 277 g/mol. The van der Waals surface area contributed by atoms with Crippen molar-refractivity contribution in [2.45, 2.75) is 32.7 Å². The molecule has 1 aromatic heterocycles. The van der Waals surface area contributed by atoms with E-state index in [1.165, 1.54) is 0 Å². The highest BCUT2D eigenvalue weighted by atomic mass is 127. The van der Waals surface area contributed by atoms with E-state index in [1.807, 2.05) is 13.2 Å². The monoisotopic (exact) mass is 293 g/mol. The molecule has 0 aliphatic rings. The smallest absolute Gasteiger partial charge is 0.203 e. The van der Waals surface area contributed by atoms with Crippen LogP contribution < -0.4 is 5.32 Å². The topological polar surface area (TPSA) is 29.9 Å². The maximum Gasteiger partial charge on any atom is 0.203 e. The molecule has 1 aromatic rings. The van der Waals surface area contributed by atoms with Crippen molar-refractivity contribution < 1.29 is 0 Å². The standard InChI is InChI=1S/C9H16IN3/c1-4-7(5-2)12-9-11-6-8(10)13(9)3/h6-7H,4-5H2,1-3H3,(H,11,12). The summed E-state index contributed by atoms with van der Waals surface area (Å²) in [4.78, 5) is 4.30. The largest absolute Gasteiger partial charge is 0.353 e. The molecule has 0 aliphatic carbocycles. The number of hydrogen-bond donors (Lipinski definition) is 1. The van der Waals surface area contributed by atoms with Crippen LogP contribution in [0.25, 0.3) is 0 Å². The van der Waals surface area contributed by atoms with Gasteiger partial charge in [-0.2, -0.15) is 0 Å². The maximum atomic E-state index is 4.30. The van der Waals surface area contributed by atoms with E-state index in [1.54, 1.807) is 0 Å². The fraction of sp³-hybridized carbons (Fsp3) is 0.667. The van der Waals surface area contributed by atoms with Crippen molar-refractivity contribution in [1.82, 2.24) is 9.55 Å². The molecule has 74 valence electrons. The zero-order valence-electron chi connectivity index (χ0n) is 8.34. The number of halogens is 1. The molecule has 0 unspecified atom stereocenters. The van der Waals surface area contributed by atoms with Gasteiger partial charge in [-0.15, -0.1) is 0 Å². The van der Waals surface area contributed by atoms with Gasteiger partial charge in [0.2, 0.25) is 5.95 Å². The third-order valence-corrected chi connectivity index (χ3v) is 3.25. The number of rotatable bonds is 4. The van der Waals surface area contributed by atoms with E-state index in [0.29, 0.717) is 6.04 Å².